The van der Waals surface area contributed by atoms with E-state index in [-0.39, 0.29) is 0 Å². The van der Waals surface area contributed by atoms with E-state index in [1.807, 2.05) is 0 Å². The van der Waals surface area contributed by atoms with E-state index in [2.05, 4.69) is 5.32 Å². The first kappa shape index (κ1) is 5.75. The fourth-order valence-electron chi connectivity index (χ4n) is 0.657. The molecule has 3 nitrogen and oxygen atoms in total. The molecule has 3 N–H and O–H groups in total. The van der Waals surface area contributed by atoms with Crippen LogP contribution in [0.4, 0.5) is 0 Å². The molecular formula is C5H9NO2. The lowest BCUT2D eigenvalue weighted by atomic mass is 10.2. The number of hydrogen-bond acceptors (Lipinski definition) is 3. The molecule has 1 aliphatic heterocycles. The minimum atomic E-state index is -0.668. The molecule has 3 heteroatoms. The van der Waals surface area contributed by atoms with E-state index in [1.165, 1.54) is 0 Å². The van der Waals surface area contributed by atoms with E-state index in [0.29, 0.717) is 6.42 Å². The van der Waals surface area contributed by atoms with Gasteiger partial charge in [-0.3, -0.25) is 5.32 Å². The molecule has 0 aromatic heterocycles. The highest BCUT2D eigenvalue weighted by atomic mass is 16.3. The molecule has 8 heavy (non-hydrogen) atoms. The average Bonchev–Trinajstić information content (AvgIpc) is 1.64. The van der Waals surface area contributed by atoms with Crippen molar-refractivity contribution in [3.8, 4) is 0 Å². The Morgan fingerprint density at radius 3 is 2.62 bits per heavy atom. The molecule has 1 heterocycles. The molecule has 1 rings (SSSR count). The molecule has 0 amide bonds. The van der Waals surface area contributed by atoms with Crippen molar-refractivity contribution in [1.82, 2.24) is 5.32 Å². The van der Waals surface area contributed by atoms with E-state index < -0.39 is 12.5 Å². The van der Waals surface area contributed by atoms with Crippen LogP contribution in [-0.2, 0) is 0 Å². The summed E-state index contributed by atoms with van der Waals surface area (Å²) in [5, 5.41) is 20.0. The molecule has 1 aliphatic rings. The molecule has 0 aromatic carbocycles. The van der Waals surface area contributed by atoms with Crippen molar-refractivity contribution < 1.29 is 10.2 Å². The third kappa shape index (κ3) is 1.30. The van der Waals surface area contributed by atoms with Gasteiger partial charge in [-0.2, -0.15) is 0 Å². The number of rotatable bonds is 0. The zero-order valence-electron chi connectivity index (χ0n) is 4.41. The Morgan fingerprint density at radius 1 is 1.50 bits per heavy atom. The fourth-order valence-corrected chi connectivity index (χ4v) is 0.657. The van der Waals surface area contributed by atoms with Gasteiger partial charge in [0.25, 0.3) is 0 Å². The Morgan fingerprint density at radius 2 is 2.25 bits per heavy atom. The van der Waals surface area contributed by atoms with Gasteiger partial charge in [-0.05, 0) is 6.08 Å². The highest BCUT2D eigenvalue weighted by molar-refractivity contribution is 4.93. The molecule has 0 fully saturated rings. The number of nitrogens with one attached hydrogen (secondary N) is 1. The first-order chi connectivity index (χ1) is 3.79. The summed E-state index contributed by atoms with van der Waals surface area (Å²) >= 11 is 0. The molecule has 0 radical (unpaired) electrons. The molecule has 0 aromatic rings. The van der Waals surface area contributed by atoms with Gasteiger partial charge in [0.05, 0.1) is 0 Å². The monoisotopic (exact) mass is 115 g/mol. The largest absolute Gasteiger partial charge is 0.378 e. The summed E-state index contributed by atoms with van der Waals surface area (Å²) < 4.78 is 0. The summed E-state index contributed by atoms with van der Waals surface area (Å²) in [5.41, 5.74) is 0. The quantitative estimate of drug-likeness (QED) is 0.361. The number of aliphatic hydroxyl groups excluding tert-OH is 2. The van der Waals surface area contributed by atoms with Gasteiger partial charge in [-0.15, -0.1) is 0 Å². The summed E-state index contributed by atoms with van der Waals surface area (Å²) in [4.78, 5) is 0. The minimum absolute atomic E-state index is 0.574. The highest BCUT2D eigenvalue weighted by Gasteiger charge is 2.09. The zero-order valence-corrected chi connectivity index (χ0v) is 4.41. The van der Waals surface area contributed by atoms with Crippen LogP contribution in [0.25, 0.3) is 0 Å². The van der Waals surface area contributed by atoms with Crippen molar-refractivity contribution in [2.75, 3.05) is 0 Å². The Kier molecular flexibility index (Phi) is 1.62. The summed E-state index contributed by atoms with van der Waals surface area (Å²) in [6.45, 7) is 0. The van der Waals surface area contributed by atoms with Crippen LogP contribution in [0, 0.1) is 0 Å². The van der Waals surface area contributed by atoms with Gasteiger partial charge in [0.15, 0.2) is 0 Å². The first-order valence-corrected chi connectivity index (χ1v) is 2.58. The average molecular weight is 115 g/mol. The van der Waals surface area contributed by atoms with Crippen LogP contribution in [-0.4, -0.2) is 22.7 Å². The molecule has 0 saturated carbocycles. The smallest absolute Gasteiger partial charge is 0.126 e. The topological polar surface area (TPSA) is 52.5 Å². The Balaban J connectivity index is 2.42. The maximum atomic E-state index is 8.76. The van der Waals surface area contributed by atoms with Crippen molar-refractivity contribution in [2.24, 2.45) is 0 Å². The molecule has 0 saturated heterocycles. The second kappa shape index (κ2) is 2.26. The first-order valence-electron chi connectivity index (χ1n) is 2.58. The third-order valence-corrected chi connectivity index (χ3v) is 1.04. The molecular weight excluding hydrogens is 106 g/mol. The predicted octanol–water partition coefficient (Wildman–Crippen LogP) is -0.827. The van der Waals surface area contributed by atoms with Crippen molar-refractivity contribution in [2.45, 2.75) is 18.9 Å². The van der Waals surface area contributed by atoms with Crippen molar-refractivity contribution in [3.63, 3.8) is 0 Å². The maximum Gasteiger partial charge on any atom is 0.126 e. The Bertz CT molecular complexity index is 103. The molecule has 0 aliphatic carbocycles. The van der Waals surface area contributed by atoms with Gasteiger partial charge in [0.1, 0.15) is 12.5 Å². The maximum absolute atomic E-state index is 8.76. The van der Waals surface area contributed by atoms with Crippen molar-refractivity contribution in [1.29, 1.82) is 0 Å². The molecule has 0 spiro atoms. The van der Waals surface area contributed by atoms with Crippen LogP contribution in [0.5, 0.6) is 0 Å². The summed E-state index contributed by atoms with van der Waals surface area (Å²) in [5.74, 6) is 0. The van der Waals surface area contributed by atoms with Crippen molar-refractivity contribution in [3.05, 3.63) is 12.2 Å². The van der Waals surface area contributed by atoms with Crippen LogP contribution in [0.1, 0.15) is 6.42 Å². The molecule has 2 atom stereocenters. The lowest BCUT2D eigenvalue weighted by molar-refractivity contribution is 0.0596. The van der Waals surface area contributed by atoms with Crippen molar-refractivity contribution >= 4 is 0 Å². The Hall–Kier alpha value is -0.380. The Labute approximate surface area is 47.6 Å². The predicted molar refractivity (Wildman–Crippen MR) is 28.9 cm³/mol. The van der Waals surface area contributed by atoms with Crippen LogP contribution in [0.2, 0.25) is 0 Å². The number of aliphatic hydroxyl groups is 2. The van der Waals surface area contributed by atoms with E-state index in [9.17, 15) is 0 Å². The normalized spacial score (nSPS) is 37.8. The molecule has 46 valence electrons. The van der Waals surface area contributed by atoms with Gasteiger partial charge in [-0.1, -0.05) is 6.08 Å². The fraction of sp³-hybridized carbons (Fsp3) is 0.600. The van der Waals surface area contributed by atoms with E-state index in [1.54, 1.807) is 12.2 Å². The zero-order chi connectivity index (χ0) is 5.98. The van der Waals surface area contributed by atoms with Gasteiger partial charge >= 0.3 is 0 Å². The highest BCUT2D eigenvalue weighted by Crippen LogP contribution is 1.98. The summed E-state index contributed by atoms with van der Waals surface area (Å²) in [6.07, 6.45) is 2.68. The third-order valence-electron chi connectivity index (χ3n) is 1.04. The summed E-state index contributed by atoms with van der Waals surface area (Å²) in [6, 6.07) is 0. The SMILES string of the molecule is OC1C=CCC(O)N1. The van der Waals surface area contributed by atoms with Crippen LogP contribution >= 0.6 is 0 Å². The second-order valence-electron chi connectivity index (χ2n) is 1.79. The lowest BCUT2D eigenvalue weighted by Crippen LogP contribution is -2.38. The lowest BCUT2D eigenvalue weighted by Gasteiger charge is -2.17. The molecule has 0 bridgehead atoms. The standard InChI is InChI=1S/C5H9NO2/c7-4-2-1-3-5(8)6-4/h1-2,4-8H,3H2. The van der Waals surface area contributed by atoms with Crippen LogP contribution in [0.3, 0.4) is 0 Å². The van der Waals surface area contributed by atoms with Gasteiger partial charge in [0.2, 0.25) is 0 Å². The van der Waals surface area contributed by atoms with Gasteiger partial charge < -0.3 is 10.2 Å². The summed E-state index contributed by atoms with van der Waals surface area (Å²) in [7, 11) is 0. The van der Waals surface area contributed by atoms with Gasteiger partial charge in [0, 0.05) is 6.42 Å². The minimum Gasteiger partial charge on any atom is -0.378 e. The second-order valence-corrected chi connectivity index (χ2v) is 1.79. The van der Waals surface area contributed by atoms with E-state index in [4.69, 9.17) is 10.2 Å². The van der Waals surface area contributed by atoms with Crippen LogP contribution in [0.15, 0.2) is 12.2 Å². The molecule has 2 unspecified atom stereocenters. The van der Waals surface area contributed by atoms with E-state index >= 15 is 0 Å². The van der Waals surface area contributed by atoms with E-state index in [0.717, 1.165) is 0 Å². The van der Waals surface area contributed by atoms with Crippen LogP contribution < -0.4 is 5.32 Å². The number of hydrogen-bond donors (Lipinski definition) is 3. The van der Waals surface area contributed by atoms with Gasteiger partial charge in [-0.25, -0.2) is 0 Å².